The zero-order valence-corrected chi connectivity index (χ0v) is 5.92. The lowest BCUT2D eigenvalue weighted by atomic mass is 10.2. The molecule has 1 atom stereocenters. The van der Waals surface area contributed by atoms with Crippen molar-refractivity contribution in [3.8, 4) is 0 Å². The van der Waals surface area contributed by atoms with Crippen molar-refractivity contribution in [2.45, 2.75) is 12.5 Å². The van der Waals surface area contributed by atoms with Crippen LogP contribution in [0.4, 0.5) is 4.39 Å². The lowest BCUT2D eigenvalue weighted by Crippen LogP contribution is -2.11. The van der Waals surface area contributed by atoms with Crippen molar-refractivity contribution in [1.29, 1.82) is 0 Å². The van der Waals surface area contributed by atoms with E-state index in [4.69, 9.17) is 5.73 Å². The third kappa shape index (κ3) is 1.62. The smallest absolute Gasteiger partial charge is 0.257 e. The minimum Gasteiger partial charge on any atom is -0.322 e. The van der Waals surface area contributed by atoms with Gasteiger partial charge in [0, 0.05) is 0 Å². The van der Waals surface area contributed by atoms with Gasteiger partial charge in [-0.2, -0.15) is 14.7 Å². The molecule has 1 heterocycles. The molecular formula is C6H9FN4. The lowest BCUT2D eigenvalue weighted by molar-refractivity contribution is 0.547. The van der Waals surface area contributed by atoms with Gasteiger partial charge in [0.2, 0.25) is 0 Å². The second-order valence-corrected chi connectivity index (χ2v) is 2.13. The van der Waals surface area contributed by atoms with Crippen LogP contribution in [0.3, 0.4) is 0 Å². The van der Waals surface area contributed by atoms with E-state index in [9.17, 15) is 4.39 Å². The fourth-order valence-corrected chi connectivity index (χ4v) is 0.753. The molecule has 0 aliphatic rings. The highest BCUT2D eigenvalue weighted by Crippen LogP contribution is 2.12. The monoisotopic (exact) mass is 156 g/mol. The highest BCUT2D eigenvalue weighted by atomic mass is 19.1. The molecule has 0 amide bonds. The molecule has 1 aromatic rings. The average molecular weight is 156 g/mol. The topological polar surface area (TPSA) is 67.6 Å². The van der Waals surface area contributed by atoms with Crippen molar-refractivity contribution >= 4 is 0 Å². The first-order chi connectivity index (χ1) is 5.25. The van der Waals surface area contributed by atoms with Crippen LogP contribution in [0.2, 0.25) is 0 Å². The highest BCUT2D eigenvalue weighted by molar-refractivity contribution is 5.02. The van der Waals surface area contributed by atoms with E-state index < -0.39 is 12.0 Å². The number of rotatable bonds is 3. The first-order valence-electron chi connectivity index (χ1n) is 3.18. The standard InChI is InChI=1S/C6H9FN4/c1-2-3-4(8)5-6(7)10-11-9-5/h2,4H,1,3,8H2,(H,9,10,11). The van der Waals surface area contributed by atoms with Crippen LogP contribution in [0.1, 0.15) is 18.2 Å². The Bertz CT molecular complexity index is 244. The summed E-state index contributed by atoms with van der Waals surface area (Å²) >= 11 is 0. The van der Waals surface area contributed by atoms with E-state index in [1.807, 2.05) is 0 Å². The highest BCUT2D eigenvalue weighted by Gasteiger charge is 2.13. The Morgan fingerprint density at radius 2 is 2.45 bits per heavy atom. The van der Waals surface area contributed by atoms with Crippen molar-refractivity contribution in [3.63, 3.8) is 0 Å². The van der Waals surface area contributed by atoms with Gasteiger partial charge in [0.15, 0.2) is 0 Å². The molecule has 5 heteroatoms. The van der Waals surface area contributed by atoms with Gasteiger partial charge in [-0.25, -0.2) is 0 Å². The average Bonchev–Trinajstić information content (AvgIpc) is 2.36. The van der Waals surface area contributed by atoms with Crippen LogP contribution in [-0.4, -0.2) is 15.4 Å². The summed E-state index contributed by atoms with van der Waals surface area (Å²) in [5.74, 6) is -0.639. The first kappa shape index (κ1) is 7.87. The first-order valence-corrected chi connectivity index (χ1v) is 3.18. The maximum absolute atomic E-state index is 12.6. The zero-order chi connectivity index (χ0) is 8.27. The molecule has 1 aromatic heterocycles. The van der Waals surface area contributed by atoms with Gasteiger partial charge in [0.25, 0.3) is 5.95 Å². The molecule has 1 unspecified atom stereocenters. The molecule has 0 radical (unpaired) electrons. The molecule has 0 saturated heterocycles. The number of nitrogens with two attached hydrogens (primary N) is 1. The molecular weight excluding hydrogens is 147 g/mol. The molecule has 3 N–H and O–H groups in total. The minimum absolute atomic E-state index is 0.157. The van der Waals surface area contributed by atoms with Crippen LogP contribution in [0.5, 0.6) is 0 Å². The fourth-order valence-electron chi connectivity index (χ4n) is 0.753. The summed E-state index contributed by atoms with van der Waals surface area (Å²) in [6.45, 7) is 3.48. The third-order valence-electron chi connectivity index (χ3n) is 1.30. The number of halogens is 1. The van der Waals surface area contributed by atoms with Crippen molar-refractivity contribution in [1.82, 2.24) is 15.4 Å². The van der Waals surface area contributed by atoms with Crippen LogP contribution in [0.25, 0.3) is 0 Å². The number of aromatic nitrogens is 3. The fraction of sp³-hybridized carbons (Fsp3) is 0.333. The molecule has 0 aliphatic heterocycles. The molecule has 0 aromatic carbocycles. The van der Waals surface area contributed by atoms with Gasteiger partial charge in [-0.05, 0) is 6.42 Å². The summed E-state index contributed by atoms with van der Waals surface area (Å²) in [4.78, 5) is 0. The van der Waals surface area contributed by atoms with E-state index in [1.165, 1.54) is 0 Å². The van der Waals surface area contributed by atoms with Gasteiger partial charge in [-0.3, -0.25) is 0 Å². The number of H-pyrrole nitrogens is 1. The molecule has 1 rings (SSSR count). The van der Waals surface area contributed by atoms with Crippen LogP contribution < -0.4 is 5.73 Å². The normalized spacial score (nSPS) is 12.9. The molecule has 0 aliphatic carbocycles. The van der Waals surface area contributed by atoms with Gasteiger partial charge in [0.1, 0.15) is 5.69 Å². The minimum atomic E-state index is -0.639. The molecule has 0 bridgehead atoms. The van der Waals surface area contributed by atoms with Gasteiger partial charge in [-0.15, -0.1) is 11.7 Å². The Labute approximate surface area is 63.3 Å². The van der Waals surface area contributed by atoms with Crippen molar-refractivity contribution in [3.05, 3.63) is 24.3 Å². The molecule has 0 fully saturated rings. The van der Waals surface area contributed by atoms with Gasteiger partial charge >= 0.3 is 0 Å². The molecule has 0 spiro atoms. The van der Waals surface area contributed by atoms with E-state index in [0.717, 1.165) is 0 Å². The van der Waals surface area contributed by atoms with E-state index in [0.29, 0.717) is 6.42 Å². The summed E-state index contributed by atoms with van der Waals surface area (Å²) < 4.78 is 12.6. The van der Waals surface area contributed by atoms with E-state index in [-0.39, 0.29) is 5.69 Å². The van der Waals surface area contributed by atoms with Crippen molar-refractivity contribution < 1.29 is 4.39 Å². The van der Waals surface area contributed by atoms with Gasteiger partial charge in [-0.1, -0.05) is 6.08 Å². The quantitative estimate of drug-likeness (QED) is 0.627. The van der Waals surface area contributed by atoms with Crippen LogP contribution in [0, 0.1) is 5.95 Å². The number of hydrogen-bond donors (Lipinski definition) is 2. The summed E-state index contributed by atoms with van der Waals surface area (Å²) in [5.41, 5.74) is 5.67. The summed E-state index contributed by atoms with van der Waals surface area (Å²) in [7, 11) is 0. The second kappa shape index (κ2) is 3.25. The van der Waals surface area contributed by atoms with Gasteiger partial charge < -0.3 is 5.73 Å². The number of nitrogens with one attached hydrogen (secondary N) is 1. The number of hydrogen-bond acceptors (Lipinski definition) is 3. The van der Waals surface area contributed by atoms with E-state index >= 15 is 0 Å². The lowest BCUT2D eigenvalue weighted by Gasteiger charge is -2.02. The zero-order valence-electron chi connectivity index (χ0n) is 5.92. The predicted octanol–water partition coefficient (Wildman–Crippen LogP) is 0.520. The third-order valence-corrected chi connectivity index (χ3v) is 1.30. The van der Waals surface area contributed by atoms with Crippen molar-refractivity contribution in [2.24, 2.45) is 5.73 Å². The van der Waals surface area contributed by atoms with Crippen LogP contribution in [-0.2, 0) is 0 Å². The van der Waals surface area contributed by atoms with Crippen LogP contribution >= 0.6 is 0 Å². The maximum Gasteiger partial charge on any atom is 0.257 e. The SMILES string of the molecule is C=CCC(N)c1n[nH]nc1F. The maximum atomic E-state index is 12.6. The summed E-state index contributed by atoms with van der Waals surface area (Å²) in [5, 5.41) is 8.90. The van der Waals surface area contributed by atoms with Gasteiger partial charge in [0.05, 0.1) is 6.04 Å². The van der Waals surface area contributed by atoms with E-state index in [2.05, 4.69) is 22.0 Å². The predicted molar refractivity (Wildman–Crippen MR) is 38.1 cm³/mol. The van der Waals surface area contributed by atoms with Crippen molar-refractivity contribution in [2.75, 3.05) is 0 Å². The van der Waals surface area contributed by atoms with E-state index in [1.54, 1.807) is 6.08 Å². The molecule has 60 valence electrons. The Morgan fingerprint density at radius 1 is 1.73 bits per heavy atom. The Hall–Kier alpha value is -1.23. The summed E-state index contributed by atoms with van der Waals surface area (Å²) in [6, 6.07) is -0.453. The molecule has 11 heavy (non-hydrogen) atoms. The molecule has 0 saturated carbocycles. The number of nitrogens with zero attached hydrogens (tertiary/aromatic N) is 2. The van der Waals surface area contributed by atoms with Crippen LogP contribution in [0.15, 0.2) is 12.7 Å². The largest absolute Gasteiger partial charge is 0.322 e. The Balaban J connectivity index is 2.74. The molecule has 4 nitrogen and oxygen atoms in total. The number of aromatic amines is 1. The second-order valence-electron chi connectivity index (χ2n) is 2.13. The Morgan fingerprint density at radius 3 is 2.91 bits per heavy atom. The Kier molecular flexibility index (Phi) is 2.32. The summed E-state index contributed by atoms with van der Waals surface area (Å²) in [6.07, 6.45) is 2.10.